The van der Waals surface area contributed by atoms with Gasteiger partial charge in [0.25, 0.3) is 0 Å². The molecule has 2 aliphatic rings. The first-order chi connectivity index (χ1) is 14.7. The van der Waals surface area contributed by atoms with E-state index in [-0.39, 0.29) is 5.41 Å². The van der Waals surface area contributed by atoms with Crippen molar-refractivity contribution in [3.05, 3.63) is 113 Å². The molecule has 144 valence electrons. The van der Waals surface area contributed by atoms with E-state index in [1.165, 1.54) is 44.3 Å². The number of hydrogen-bond donors (Lipinski definition) is 1. The van der Waals surface area contributed by atoms with Crippen LogP contribution in [0.15, 0.2) is 91.0 Å². The van der Waals surface area contributed by atoms with Crippen molar-refractivity contribution in [2.75, 3.05) is 5.73 Å². The molecular formula is C28H24BN. The highest BCUT2D eigenvalue weighted by Crippen LogP contribution is 2.56. The molecular weight excluding hydrogens is 361 g/mol. The van der Waals surface area contributed by atoms with Crippen molar-refractivity contribution in [3.8, 4) is 11.1 Å². The van der Waals surface area contributed by atoms with Gasteiger partial charge in [0.1, 0.15) is 0 Å². The van der Waals surface area contributed by atoms with Gasteiger partial charge in [0.05, 0.1) is 5.41 Å². The van der Waals surface area contributed by atoms with Gasteiger partial charge in [0.15, 0.2) is 0 Å². The lowest BCUT2D eigenvalue weighted by Crippen LogP contribution is -2.58. The zero-order valence-electron chi connectivity index (χ0n) is 17.4. The molecule has 4 aromatic carbocycles. The standard InChI is InChI=1S/C28H24BN/c1-18(2)29-25-16-8-7-14-23(25)28(24-15-9-17-26(30)27(24)29)21-12-5-3-10-19(21)20-11-4-6-13-22(20)28/h3-18H,30H2,1-2H3. The molecule has 1 aliphatic heterocycles. The van der Waals surface area contributed by atoms with E-state index >= 15 is 0 Å². The second-order valence-electron chi connectivity index (χ2n) is 8.96. The largest absolute Gasteiger partial charge is 0.399 e. The van der Waals surface area contributed by atoms with Gasteiger partial charge in [-0.1, -0.05) is 110 Å². The summed E-state index contributed by atoms with van der Waals surface area (Å²) in [5.41, 5.74) is 18.2. The Morgan fingerprint density at radius 1 is 0.633 bits per heavy atom. The van der Waals surface area contributed by atoms with Gasteiger partial charge < -0.3 is 5.73 Å². The van der Waals surface area contributed by atoms with Crippen LogP contribution < -0.4 is 16.7 Å². The van der Waals surface area contributed by atoms with Gasteiger partial charge in [-0.15, -0.1) is 0 Å². The van der Waals surface area contributed by atoms with Crippen LogP contribution in [0.25, 0.3) is 11.1 Å². The van der Waals surface area contributed by atoms with E-state index in [1.807, 2.05) is 0 Å². The molecule has 1 aliphatic carbocycles. The van der Waals surface area contributed by atoms with Crippen molar-refractivity contribution in [2.24, 2.45) is 0 Å². The number of nitrogen functional groups attached to an aromatic ring is 1. The van der Waals surface area contributed by atoms with Crippen LogP contribution in [0.2, 0.25) is 5.82 Å². The molecule has 2 heteroatoms. The molecule has 0 saturated heterocycles. The van der Waals surface area contributed by atoms with Crippen molar-refractivity contribution < 1.29 is 0 Å². The molecule has 4 aromatic rings. The third-order valence-electron chi connectivity index (χ3n) is 7.17. The van der Waals surface area contributed by atoms with Crippen molar-refractivity contribution in [1.29, 1.82) is 0 Å². The summed E-state index contributed by atoms with van der Waals surface area (Å²) in [6, 6.07) is 33.4. The molecule has 0 radical (unpaired) electrons. The number of fused-ring (bicyclic) bond motifs is 9. The van der Waals surface area contributed by atoms with E-state index in [0.29, 0.717) is 12.5 Å². The summed E-state index contributed by atoms with van der Waals surface area (Å²) in [5, 5.41) is 0. The Morgan fingerprint density at radius 3 is 1.80 bits per heavy atom. The molecule has 0 aromatic heterocycles. The van der Waals surface area contributed by atoms with Crippen LogP contribution in [-0.4, -0.2) is 6.71 Å². The summed E-state index contributed by atoms with van der Waals surface area (Å²) in [7, 11) is 0. The van der Waals surface area contributed by atoms with E-state index < -0.39 is 0 Å². The van der Waals surface area contributed by atoms with Gasteiger partial charge in [0.2, 0.25) is 6.71 Å². The summed E-state index contributed by atoms with van der Waals surface area (Å²) in [6.07, 6.45) is 0. The third-order valence-corrected chi connectivity index (χ3v) is 7.17. The van der Waals surface area contributed by atoms with Crippen molar-refractivity contribution in [3.63, 3.8) is 0 Å². The lowest BCUT2D eigenvalue weighted by Gasteiger charge is -2.44. The maximum Gasteiger partial charge on any atom is 0.215 e. The molecule has 1 heterocycles. The first-order valence-electron chi connectivity index (χ1n) is 10.8. The molecule has 0 amide bonds. The molecule has 0 unspecified atom stereocenters. The van der Waals surface area contributed by atoms with E-state index in [2.05, 4.69) is 105 Å². The van der Waals surface area contributed by atoms with Gasteiger partial charge >= 0.3 is 0 Å². The first kappa shape index (κ1) is 17.6. The van der Waals surface area contributed by atoms with Crippen LogP contribution >= 0.6 is 0 Å². The van der Waals surface area contributed by atoms with E-state index in [9.17, 15) is 0 Å². The molecule has 0 atom stereocenters. The van der Waals surface area contributed by atoms with Gasteiger partial charge in [-0.3, -0.25) is 0 Å². The fraction of sp³-hybridized carbons (Fsp3) is 0.143. The Morgan fingerprint density at radius 2 is 1.17 bits per heavy atom. The fourth-order valence-electron chi connectivity index (χ4n) is 6.18. The van der Waals surface area contributed by atoms with Crippen LogP contribution in [0.5, 0.6) is 0 Å². The maximum atomic E-state index is 6.72. The zero-order valence-corrected chi connectivity index (χ0v) is 17.4. The summed E-state index contributed by atoms with van der Waals surface area (Å²) in [4.78, 5) is 0. The SMILES string of the molecule is CC(C)B1c2ccccc2C2(c3ccccc3-c3ccccc32)c2cccc(N)c21. The van der Waals surface area contributed by atoms with Crippen LogP contribution in [-0.2, 0) is 5.41 Å². The minimum absolute atomic E-state index is 0.294. The molecule has 0 saturated carbocycles. The number of nitrogens with two attached hydrogens (primary N) is 1. The molecule has 2 N–H and O–H groups in total. The average molecular weight is 385 g/mol. The highest BCUT2D eigenvalue weighted by Gasteiger charge is 2.52. The average Bonchev–Trinajstić information content (AvgIpc) is 3.06. The highest BCUT2D eigenvalue weighted by molar-refractivity contribution is 6.88. The van der Waals surface area contributed by atoms with E-state index in [4.69, 9.17) is 5.73 Å². The Kier molecular flexibility index (Phi) is 3.59. The predicted molar refractivity (Wildman–Crippen MR) is 128 cm³/mol. The Hall–Kier alpha value is -3.26. The summed E-state index contributed by atoms with van der Waals surface area (Å²) < 4.78 is 0. The number of hydrogen-bond acceptors (Lipinski definition) is 1. The van der Waals surface area contributed by atoms with Gasteiger partial charge in [-0.25, -0.2) is 0 Å². The predicted octanol–water partition coefficient (Wildman–Crippen LogP) is 4.96. The minimum atomic E-state index is -0.320. The number of anilines is 1. The lowest BCUT2D eigenvalue weighted by atomic mass is 9.28. The zero-order chi connectivity index (χ0) is 20.5. The normalized spacial score (nSPS) is 15.0. The monoisotopic (exact) mass is 385 g/mol. The summed E-state index contributed by atoms with van der Waals surface area (Å²) >= 11 is 0. The van der Waals surface area contributed by atoms with Gasteiger partial charge in [-0.2, -0.15) is 0 Å². The van der Waals surface area contributed by atoms with Crippen molar-refractivity contribution >= 4 is 23.3 Å². The smallest absolute Gasteiger partial charge is 0.215 e. The maximum absolute atomic E-state index is 6.72. The number of rotatable bonds is 1. The van der Waals surface area contributed by atoms with E-state index in [1.54, 1.807) is 0 Å². The van der Waals surface area contributed by atoms with Crippen molar-refractivity contribution in [1.82, 2.24) is 0 Å². The van der Waals surface area contributed by atoms with E-state index in [0.717, 1.165) is 5.69 Å². The Labute approximate surface area is 178 Å². The van der Waals surface area contributed by atoms with Crippen LogP contribution in [0, 0.1) is 0 Å². The topological polar surface area (TPSA) is 26.0 Å². The molecule has 30 heavy (non-hydrogen) atoms. The number of benzene rings is 4. The van der Waals surface area contributed by atoms with Gasteiger partial charge in [0, 0.05) is 5.69 Å². The first-order valence-corrected chi connectivity index (χ1v) is 10.8. The fourth-order valence-corrected chi connectivity index (χ4v) is 6.18. The minimum Gasteiger partial charge on any atom is -0.399 e. The molecule has 1 nitrogen and oxygen atoms in total. The van der Waals surface area contributed by atoms with Crippen LogP contribution in [0.1, 0.15) is 36.1 Å². The third kappa shape index (κ3) is 1.99. The second kappa shape index (κ2) is 6.12. The quantitative estimate of drug-likeness (QED) is 0.320. The molecule has 1 spiro atoms. The lowest BCUT2D eigenvalue weighted by molar-refractivity contribution is 0.773. The highest BCUT2D eigenvalue weighted by atomic mass is 14.6. The molecule has 6 rings (SSSR count). The Bertz CT molecular complexity index is 1260. The molecule has 0 fully saturated rings. The van der Waals surface area contributed by atoms with Crippen LogP contribution in [0.3, 0.4) is 0 Å². The van der Waals surface area contributed by atoms with Crippen molar-refractivity contribution in [2.45, 2.75) is 25.1 Å². The Balaban J connectivity index is 1.86. The summed E-state index contributed by atoms with van der Waals surface area (Å²) in [5.74, 6) is 0.457. The van der Waals surface area contributed by atoms with Crippen LogP contribution in [0.4, 0.5) is 5.69 Å². The summed E-state index contributed by atoms with van der Waals surface area (Å²) in [6.45, 7) is 4.92. The second-order valence-corrected chi connectivity index (χ2v) is 8.96. The molecule has 0 bridgehead atoms. The van der Waals surface area contributed by atoms with Gasteiger partial charge in [-0.05, 0) is 44.9 Å².